The van der Waals surface area contributed by atoms with Crippen LogP contribution in [0.3, 0.4) is 0 Å². The molecule has 0 spiro atoms. The number of alkyl carbamates (subject to hydrolysis) is 1. The van der Waals surface area contributed by atoms with Crippen LogP contribution in [0.1, 0.15) is 52.2 Å². The largest absolute Gasteiger partial charge is 0.444 e. The van der Waals surface area contributed by atoms with Crippen LogP contribution >= 0.6 is 11.6 Å². The highest BCUT2D eigenvalue weighted by Crippen LogP contribution is 2.29. The Kier molecular flexibility index (Phi) is 6.63. The van der Waals surface area contributed by atoms with Crippen molar-refractivity contribution in [2.75, 3.05) is 0 Å². The summed E-state index contributed by atoms with van der Waals surface area (Å²) in [6.45, 7) is 7.17. The molecule has 0 saturated carbocycles. The number of hydrogen-bond acceptors (Lipinski definition) is 3. The van der Waals surface area contributed by atoms with Crippen molar-refractivity contribution >= 4 is 17.7 Å². The van der Waals surface area contributed by atoms with Crippen molar-refractivity contribution in [1.29, 1.82) is 0 Å². The smallest absolute Gasteiger partial charge is 0.407 e. The van der Waals surface area contributed by atoms with Gasteiger partial charge in [-0.25, -0.2) is 9.18 Å². The highest BCUT2D eigenvalue weighted by Gasteiger charge is 2.27. The van der Waals surface area contributed by atoms with Gasteiger partial charge in [0.25, 0.3) is 0 Å². The van der Waals surface area contributed by atoms with Crippen molar-refractivity contribution in [1.82, 2.24) is 5.32 Å². The molecule has 0 aliphatic rings. The zero-order valence-corrected chi connectivity index (χ0v) is 14.1. The molecular weight excluding hydrogens is 309 g/mol. The minimum atomic E-state index is -1.12. The van der Waals surface area contributed by atoms with E-state index in [1.54, 1.807) is 20.8 Å². The van der Waals surface area contributed by atoms with Crippen LogP contribution < -0.4 is 5.32 Å². The molecule has 0 aliphatic heterocycles. The van der Waals surface area contributed by atoms with Gasteiger partial charge in [-0.2, -0.15) is 0 Å². The number of carbonyl (C=O) groups is 1. The van der Waals surface area contributed by atoms with E-state index in [0.717, 1.165) is 6.42 Å². The van der Waals surface area contributed by atoms with Crippen molar-refractivity contribution in [3.63, 3.8) is 0 Å². The lowest BCUT2D eigenvalue weighted by molar-refractivity contribution is 0.0413. The van der Waals surface area contributed by atoms with Gasteiger partial charge in [0, 0.05) is 5.56 Å². The summed E-state index contributed by atoms with van der Waals surface area (Å²) in [5.41, 5.74) is -0.390. The molecule has 6 heteroatoms. The maximum absolute atomic E-state index is 13.5. The van der Waals surface area contributed by atoms with Gasteiger partial charge in [0.2, 0.25) is 0 Å². The van der Waals surface area contributed by atoms with Crippen LogP contribution in [0.4, 0.5) is 9.18 Å². The van der Waals surface area contributed by atoms with Crippen LogP contribution in [0, 0.1) is 5.82 Å². The van der Waals surface area contributed by atoms with Crippen LogP contribution in [0.2, 0.25) is 5.02 Å². The second-order valence-electron chi connectivity index (χ2n) is 6.13. The summed E-state index contributed by atoms with van der Waals surface area (Å²) < 4.78 is 18.7. The Morgan fingerprint density at radius 2 is 2.09 bits per heavy atom. The number of rotatable bonds is 5. The molecule has 0 bridgehead atoms. The number of aliphatic hydroxyl groups is 1. The Labute approximate surface area is 135 Å². The van der Waals surface area contributed by atoms with Gasteiger partial charge in [0.1, 0.15) is 17.5 Å². The van der Waals surface area contributed by atoms with Crippen LogP contribution in [0.25, 0.3) is 0 Å². The molecule has 2 atom stereocenters. The second kappa shape index (κ2) is 7.79. The van der Waals surface area contributed by atoms with E-state index in [1.807, 2.05) is 6.92 Å². The predicted molar refractivity (Wildman–Crippen MR) is 84.4 cm³/mol. The van der Waals surface area contributed by atoms with E-state index in [2.05, 4.69) is 5.32 Å². The third-order valence-electron chi connectivity index (χ3n) is 2.98. The lowest BCUT2D eigenvalue weighted by atomic mass is 9.98. The summed E-state index contributed by atoms with van der Waals surface area (Å²) in [7, 11) is 0. The maximum Gasteiger partial charge on any atom is 0.407 e. The number of hydrogen-bond donors (Lipinski definition) is 2. The molecule has 0 heterocycles. The molecule has 22 heavy (non-hydrogen) atoms. The van der Waals surface area contributed by atoms with Crippen LogP contribution in [-0.2, 0) is 4.74 Å². The van der Waals surface area contributed by atoms with Gasteiger partial charge in [0.05, 0.1) is 11.1 Å². The number of ether oxygens (including phenoxy) is 1. The van der Waals surface area contributed by atoms with Crippen molar-refractivity contribution in [2.45, 2.75) is 58.3 Å². The topological polar surface area (TPSA) is 58.6 Å². The summed E-state index contributed by atoms with van der Waals surface area (Å²) in [6.07, 6.45) is -0.509. The van der Waals surface area contributed by atoms with Gasteiger partial charge in [-0.05, 0) is 33.3 Å². The normalized spacial score (nSPS) is 14.3. The van der Waals surface area contributed by atoms with Crippen molar-refractivity contribution in [3.05, 3.63) is 34.6 Å². The van der Waals surface area contributed by atoms with E-state index in [0.29, 0.717) is 6.42 Å². The number of halogens is 2. The lowest BCUT2D eigenvalue weighted by Crippen LogP contribution is -2.42. The number of carbonyl (C=O) groups excluding carboxylic acids is 1. The summed E-state index contributed by atoms with van der Waals surface area (Å²) in [5.74, 6) is -0.606. The van der Waals surface area contributed by atoms with Crippen molar-refractivity contribution < 1.29 is 19.0 Å². The van der Waals surface area contributed by atoms with E-state index in [4.69, 9.17) is 16.3 Å². The minimum Gasteiger partial charge on any atom is -0.444 e. The molecule has 2 N–H and O–H groups in total. The Morgan fingerprint density at radius 3 is 2.64 bits per heavy atom. The van der Waals surface area contributed by atoms with Crippen LogP contribution in [-0.4, -0.2) is 22.8 Å². The third-order valence-corrected chi connectivity index (χ3v) is 3.38. The number of nitrogens with one attached hydrogen (secondary N) is 1. The molecule has 0 radical (unpaired) electrons. The SMILES string of the molecule is CCC[C@H](NC(=O)OC(C)(C)C)[C@@H](O)c1cccc(F)c1Cl. The van der Waals surface area contributed by atoms with E-state index >= 15 is 0 Å². The Hall–Kier alpha value is -1.33. The highest BCUT2D eigenvalue weighted by atomic mass is 35.5. The van der Waals surface area contributed by atoms with Gasteiger partial charge < -0.3 is 15.2 Å². The summed E-state index contributed by atoms with van der Waals surface area (Å²) in [4.78, 5) is 11.9. The van der Waals surface area contributed by atoms with E-state index in [-0.39, 0.29) is 10.6 Å². The van der Waals surface area contributed by atoms with E-state index < -0.39 is 29.7 Å². The number of benzene rings is 1. The summed E-state index contributed by atoms with van der Waals surface area (Å²) in [5, 5.41) is 12.9. The first kappa shape index (κ1) is 18.7. The zero-order chi connectivity index (χ0) is 16.9. The van der Waals surface area contributed by atoms with Gasteiger partial charge in [-0.1, -0.05) is 37.1 Å². The molecule has 4 nitrogen and oxygen atoms in total. The molecule has 0 aliphatic carbocycles. The molecule has 1 aromatic carbocycles. The summed E-state index contributed by atoms with van der Waals surface area (Å²) in [6, 6.07) is 3.61. The van der Waals surface area contributed by atoms with Gasteiger partial charge >= 0.3 is 6.09 Å². The Balaban J connectivity index is 2.90. The first-order chi connectivity index (χ1) is 10.2. The van der Waals surface area contributed by atoms with E-state index in [1.165, 1.54) is 18.2 Å². The molecule has 1 rings (SSSR count). The fourth-order valence-corrected chi connectivity index (χ4v) is 2.28. The van der Waals surface area contributed by atoms with Gasteiger partial charge in [-0.15, -0.1) is 0 Å². The van der Waals surface area contributed by atoms with Crippen molar-refractivity contribution in [3.8, 4) is 0 Å². The van der Waals surface area contributed by atoms with Crippen LogP contribution in [0.15, 0.2) is 18.2 Å². The Morgan fingerprint density at radius 1 is 1.45 bits per heavy atom. The first-order valence-corrected chi connectivity index (χ1v) is 7.65. The molecule has 0 saturated heterocycles. The number of amides is 1. The zero-order valence-electron chi connectivity index (χ0n) is 13.3. The first-order valence-electron chi connectivity index (χ1n) is 7.27. The predicted octanol–water partition coefficient (Wildman–Crippen LogP) is 4.21. The molecule has 1 aromatic rings. The molecule has 0 aromatic heterocycles. The molecular formula is C16H23ClFNO3. The number of aliphatic hydroxyl groups excluding tert-OH is 1. The standard InChI is InChI=1S/C16H23ClFNO3/c1-5-7-12(19-15(21)22-16(2,3)4)14(20)10-8-6-9-11(18)13(10)17/h6,8-9,12,14,20H,5,7H2,1-4H3,(H,19,21)/t12-,14-/m0/s1. The highest BCUT2D eigenvalue weighted by molar-refractivity contribution is 6.31. The lowest BCUT2D eigenvalue weighted by Gasteiger charge is -2.27. The quantitative estimate of drug-likeness (QED) is 0.849. The Bertz CT molecular complexity index is 517. The van der Waals surface area contributed by atoms with E-state index in [9.17, 15) is 14.3 Å². The molecule has 0 fully saturated rings. The maximum atomic E-state index is 13.5. The molecule has 0 unspecified atom stereocenters. The van der Waals surface area contributed by atoms with Crippen molar-refractivity contribution in [2.24, 2.45) is 0 Å². The summed E-state index contributed by atoms with van der Waals surface area (Å²) >= 11 is 5.90. The fourth-order valence-electron chi connectivity index (χ4n) is 2.04. The fraction of sp³-hybridized carbons (Fsp3) is 0.562. The molecule has 1 amide bonds. The minimum absolute atomic E-state index is 0.137. The average molecular weight is 332 g/mol. The monoisotopic (exact) mass is 331 g/mol. The van der Waals surface area contributed by atoms with Gasteiger partial charge in [0.15, 0.2) is 0 Å². The second-order valence-corrected chi connectivity index (χ2v) is 6.51. The third kappa shape index (κ3) is 5.46. The molecule has 124 valence electrons. The van der Waals surface area contributed by atoms with Crippen LogP contribution in [0.5, 0.6) is 0 Å². The van der Waals surface area contributed by atoms with Gasteiger partial charge in [-0.3, -0.25) is 0 Å². The average Bonchev–Trinajstić information content (AvgIpc) is 2.38.